The smallest absolute Gasteiger partial charge is 0.249 e. The van der Waals surface area contributed by atoms with Gasteiger partial charge >= 0.3 is 0 Å². The number of amides is 1. The minimum Gasteiger partial charge on any atom is -0.370 e. The summed E-state index contributed by atoms with van der Waals surface area (Å²) in [5.74, 6) is 0.0812. The Hall–Kier alpha value is -1.51. The number of unbranched alkanes of at least 4 members (excludes halogenated alkanes) is 3. The Kier molecular flexibility index (Phi) is 3.90. The normalized spacial score (nSPS) is 22.0. The molecule has 0 bridgehead atoms. The largest absolute Gasteiger partial charge is 0.370 e. The molecular formula is C15H22N2O. The van der Waals surface area contributed by atoms with Crippen LogP contribution in [-0.4, -0.2) is 11.4 Å². The van der Waals surface area contributed by atoms with Gasteiger partial charge in [-0.05, 0) is 25.5 Å². The van der Waals surface area contributed by atoms with E-state index in [4.69, 9.17) is 0 Å². The maximum absolute atomic E-state index is 12.2. The fourth-order valence-electron chi connectivity index (χ4n) is 2.40. The lowest BCUT2D eigenvalue weighted by Gasteiger charge is -2.36. The third-order valence-electron chi connectivity index (χ3n) is 3.62. The number of para-hydroxylation sites is 2. The second kappa shape index (κ2) is 5.42. The van der Waals surface area contributed by atoms with Crippen LogP contribution >= 0.6 is 0 Å². The topological polar surface area (TPSA) is 41.1 Å². The van der Waals surface area contributed by atoms with Crippen molar-refractivity contribution in [3.8, 4) is 0 Å². The first kappa shape index (κ1) is 12.9. The van der Waals surface area contributed by atoms with Crippen molar-refractivity contribution in [3.05, 3.63) is 24.3 Å². The lowest BCUT2D eigenvalue weighted by molar-refractivity contribution is -0.120. The van der Waals surface area contributed by atoms with E-state index in [1.54, 1.807) is 0 Å². The quantitative estimate of drug-likeness (QED) is 0.776. The first-order valence-electron chi connectivity index (χ1n) is 6.84. The summed E-state index contributed by atoms with van der Waals surface area (Å²) in [7, 11) is 0. The zero-order valence-corrected chi connectivity index (χ0v) is 11.3. The van der Waals surface area contributed by atoms with Crippen molar-refractivity contribution in [3.63, 3.8) is 0 Å². The molecule has 0 aliphatic carbocycles. The molecule has 1 amide bonds. The highest BCUT2D eigenvalue weighted by Crippen LogP contribution is 2.32. The van der Waals surface area contributed by atoms with E-state index in [0.717, 1.165) is 24.2 Å². The molecule has 1 aliphatic heterocycles. The molecule has 3 heteroatoms. The molecule has 1 aromatic carbocycles. The molecule has 1 unspecified atom stereocenters. The number of benzene rings is 1. The van der Waals surface area contributed by atoms with Gasteiger partial charge in [-0.15, -0.1) is 0 Å². The van der Waals surface area contributed by atoms with Gasteiger partial charge in [0.1, 0.15) is 5.54 Å². The Bertz CT molecular complexity index is 430. The van der Waals surface area contributed by atoms with Gasteiger partial charge in [-0.2, -0.15) is 0 Å². The summed E-state index contributed by atoms with van der Waals surface area (Å²) >= 11 is 0. The van der Waals surface area contributed by atoms with Crippen molar-refractivity contribution in [2.75, 3.05) is 10.6 Å². The van der Waals surface area contributed by atoms with Crippen molar-refractivity contribution in [2.24, 2.45) is 0 Å². The van der Waals surface area contributed by atoms with Crippen LogP contribution in [0.15, 0.2) is 24.3 Å². The van der Waals surface area contributed by atoms with Gasteiger partial charge in [0.15, 0.2) is 0 Å². The lowest BCUT2D eigenvalue weighted by atomic mass is 9.90. The second-order valence-electron chi connectivity index (χ2n) is 5.27. The maximum atomic E-state index is 12.2. The predicted molar refractivity (Wildman–Crippen MR) is 75.9 cm³/mol. The van der Waals surface area contributed by atoms with Crippen molar-refractivity contribution < 1.29 is 4.79 Å². The molecule has 0 fully saturated rings. The standard InChI is InChI=1S/C15H22N2O/c1-3-4-5-8-11-15(2)14(18)16-12-9-6-7-10-13(12)17-15/h6-7,9-10,17H,3-5,8,11H2,1-2H3,(H,16,18). The highest BCUT2D eigenvalue weighted by atomic mass is 16.2. The van der Waals surface area contributed by atoms with Crippen LogP contribution in [0.4, 0.5) is 11.4 Å². The Morgan fingerprint density at radius 2 is 1.83 bits per heavy atom. The Balaban J connectivity index is 2.03. The number of anilines is 2. The van der Waals surface area contributed by atoms with E-state index in [1.165, 1.54) is 19.3 Å². The zero-order valence-electron chi connectivity index (χ0n) is 11.3. The van der Waals surface area contributed by atoms with Crippen LogP contribution in [0.25, 0.3) is 0 Å². The summed E-state index contributed by atoms with van der Waals surface area (Å²) in [5, 5.41) is 6.38. The lowest BCUT2D eigenvalue weighted by Crippen LogP contribution is -2.50. The molecule has 3 nitrogen and oxygen atoms in total. The number of fused-ring (bicyclic) bond motifs is 1. The van der Waals surface area contributed by atoms with Gasteiger partial charge in [0.25, 0.3) is 0 Å². The van der Waals surface area contributed by atoms with E-state index in [2.05, 4.69) is 17.6 Å². The minimum atomic E-state index is -0.470. The van der Waals surface area contributed by atoms with E-state index in [0.29, 0.717) is 0 Å². The predicted octanol–water partition coefficient (Wildman–Crippen LogP) is 3.78. The van der Waals surface area contributed by atoms with Gasteiger partial charge in [0.2, 0.25) is 5.91 Å². The third kappa shape index (κ3) is 2.66. The number of carbonyl (C=O) groups excluding carboxylic acids is 1. The van der Waals surface area contributed by atoms with E-state index in [9.17, 15) is 4.79 Å². The molecule has 0 saturated carbocycles. The average molecular weight is 246 g/mol. The van der Waals surface area contributed by atoms with Gasteiger partial charge in [-0.1, -0.05) is 44.7 Å². The van der Waals surface area contributed by atoms with Crippen LogP contribution < -0.4 is 10.6 Å². The van der Waals surface area contributed by atoms with Gasteiger partial charge < -0.3 is 10.6 Å². The molecular weight excluding hydrogens is 224 g/mol. The van der Waals surface area contributed by atoms with Crippen LogP contribution in [-0.2, 0) is 4.79 Å². The molecule has 1 aromatic rings. The van der Waals surface area contributed by atoms with Crippen LogP contribution in [0.3, 0.4) is 0 Å². The molecule has 2 rings (SSSR count). The van der Waals surface area contributed by atoms with Crippen molar-refractivity contribution in [2.45, 2.75) is 51.5 Å². The summed E-state index contributed by atoms with van der Waals surface area (Å²) in [6.45, 7) is 4.19. The fraction of sp³-hybridized carbons (Fsp3) is 0.533. The second-order valence-corrected chi connectivity index (χ2v) is 5.27. The van der Waals surface area contributed by atoms with Crippen molar-refractivity contribution in [1.82, 2.24) is 0 Å². The van der Waals surface area contributed by atoms with Crippen LogP contribution in [0, 0.1) is 0 Å². The molecule has 18 heavy (non-hydrogen) atoms. The molecule has 0 saturated heterocycles. The SMILES string of the molecule is CCCCCCC1(C)Nc2ccccc2NC1=O. The summed E-state index contributed by atoms with van der Waals surface area (Å²) in [6.07, 6.45) is 5.64. The van der Waals surface area contributed by atoms with Crippen LogP contribution in [0.2, 0.25) is 0 Å². The molecule has 0 aromatic heterocycles. The fourth-order valence-corrected chi connectivity index (χ4v) is 2.40. The van der Waals surface area contributed by atoms with Gasteiger partial charge in [0, 0.05) is 0 Å². The van der Waals surface area contributed by atoms with Gasteiger partial charge in [0.05, 0.1) is 11.4 Å². The average Bonchev–Trinajstić information content (AvgIpc) is 2.36. The van der Waals surface area contributed by atoms with Gasteiger partial charge in [-0.25, -0.2) is 0 Å². The third-order valence-corrected chi connectivity index (χ3v) is 3.62. The molecule has 1 atom stereocenters. The van der Waals surface area contributed by atoms with E-state index in [-0.39, 0.29) is 5.91 Å². The highest BCUT2D eigenvalue weighted by molar-refractivity contribution is 6.05. The maximum Gasteiger partial charge on any atom is 0.249 e. The van der Waals surface area contributed by atoms with Crippen LogP contribution in [0.5, 0.6) is 0 Å². The Labute approximate surface area is 109 Å². The van der Waals surface area contributed by atoms with E-state index >= 15 is 0 Å². The summed E-state index contributed by atoms with van der Waals surface area (Å²) in [4.78, 5) is 12.2. The Morgan fingerprint density at radius 3 is 2.56 bits per heavy atom. The van der Waals surface area contributed by atoms with Crippen molar-refractivity contribution in [1.29, 1.82) is 0 Å². The number of hydrogen-bond donors (Lipinski definition) is 2. The molecule has 0 radical (unpaired) electrons. The summed E-state index contributed by atoms with van der Waals surface area (Å²) in [6, 6.07) is 7.86. The van der Waals surface area contributed by atoms with Crippen molar-refractivity contribution >= 4 is 17.3 Å². The highest BCUT2D eigenvalue weighted by Gasteiger charge is 2.36. The minimum absolute atomic E-state index is 0.0812. The van der Waals surface area contributed by atoms with E-state index < -0.39 is 5.54 Å². The molecule has 1 heterocycles. The first-order valence-corrected chi connectivity index (χ1v) is 6.84. The number of nitrogens with one attached hydrogen (secondary N) is 2. The molecule has 2 N–H and O–H groups in total. The summed E-state index contributed by atoms with van der Waals surface area (Å²) < 4.78 is 0. The summed E-state index contributed by atoms with van der Waals surface area (Å²) in [5.41, 5.74) is 1.44. The van der Waals surface area contributed by atoms with Crippen LogP contribution in [0.1, 0.15) is 46.0 Å². The van der Waals surface area contributed by atoms with Gasteiger partial charge in [-0.3, -0.25) is 4.79 Å². The monoisotopic (exact) mass is 246 g/mol. The number of rotatable bonds is 5. The zero-order chi connectivity index (χ0) is 13.0. The number of hydrogen-bond acceptors (Lipinski definition) is 2. The molecule has 0 spiro atoms. The Morgan fingerprint density at radius 1 is 1.11 bits per heavy atom. The molecule has 1 aliphatic rings. The first-order chi connectivity index (χ1) is 8.65. The molecule has 98 valence electrons. The van der Waals surface area contributed by atoms with E-state index in [1.807, 2.05) is 31.2 Å². The number of carbonyl (C=O) groups is 1.